The van der Waals surface area contributed by atoms with Crippen LogP contribution in [0.4, 0.5) is 0 Å². The summed E-state index contributed by atoms with van der Waals surface area (Å²) in [5.41, 5.74) is 8.33. The molecule has 2 N–H and O–H groups in total. The Balaban J connectivity index is 2.30. The Morgan fingerprint density at radius 2 is 2.14 bits per heavy atom. The molecule has 1 atom stereocenters. The molecule has 0 aliphatic carbocycles. The van der Waals surface area contributed by atoms with Crippen molar-refractivity contribution >= 4 is 5.84 Å². The van der Waals surface area contributed by atoms with Gasteiger partial charge in [0.15, 0.2) is 0 Å². The highest BCUT2D eigenvalue weighted by atomic mass is 15.5. The van der Waals surface area contributed by atoms with Crippen LogP contribution >= 0.6 is 0 Å². The van der Waals surface area contributed by atoms with Crippen molar-refractivity contribution in [3.05, 3.63) is 35.4 Å². The summed E-state index contributed by atoms with van der Waals surface area (Å²) in [5, 5.41) is 6.16. The topological polar surface area (TPSA) is 41.6 Å². The Hall–Kier alpha value is -1.51. The van der Waals surface area contributed by atoms with Crippen molar-refractivity contribution in [2.45, 2.75) is 19.4 Å². The van der Waals surface area contributed by atoms with Gasteiger partial charge >= 0.3 is 0 Å². The Morgan fingerprint density at radius 1 is 1.43 bits per heavy atom. The Bertz CT molecular complexity index is 371. The maximum absolute atomic E-state index is 5.71. The Labute approximate surface area is 84.2 Å². The van der Waals surface area contributed by atoms with Crippen LogP contribution in [0.2, 0.25) is 0 Å². The van der Waals surface area contributed by atoms with E-state index in [1.54, 1.807) is 0 Å². The van der Waals surface area contributed by atoms with Crippen LogP contribution in [0.15, 0.2) is 29.4 Å². The van der Waals surface area contributed by atoms with Gasteiger partial charge in [-0.25, -0.2) is 0 Å². The molecule has 1 aromatic carbocycles. The average Bonchev–Trinajstić information content (AvgIpc) is 2.46. The molecular formula is C11H15N3. The number of amidine groups is 1. The molecule has 3 heteroatoms. The van der Waals surface area contributed by atoms with E-state index in [9.17, 15) is 0 Å². The van der Waals surface area contributed by atoms with Gasteiger partial charge in [-0.15, -0.1) is 0 Å². The molecule has 0 saturated heterocycles. The maximum Gasteiger partial charge on any atom is 0.122 e. The fourth-order valence-corrected chi connectivity index (χ4v) is 1.92. The van der Waals surface area contributed by atoms with E-state index in [4.69, 9.17) is 5.73 Å². The minimum absolute atomic E-state index is 0.316. The first-order valence-corrected chi connectivity index (χ1v) is 4.80. The summed E-state index contributed by atoms with van der Waals surface area (Å²) in [5.74, 6) is 0.723. The molecule has 0 aromatic heterocycles. The van der Waals surface area contributed by atoms with E-state index in [0.29, 0.717) is 6.04 Å². The molecule has 1 aliphatic rings. The van der Waals surface area contributed by atoms with Crippen LogP contribution in [0, 0.1) is 6.92 Å². The molecule has 1 aromatic rings. The zero-order valence-electron chi connectivity index (χ0n) is 8.57. The van der Waals surface area contributed by atoms with E-state index < -0.39 is 0 Å². The van der Waals surface area contributed by atoms with E-state index >= 15 is 0 Å². The molecule has 2 rings (SSSR count). The van der Waals surface area contributed by atoms with Gasteiger partial charge in [0, 0.05) is 13.5 Å². The molecule has 0 bridgehead atoms. The lowest BCUT2D eigenvalue weighted by molar-refractivity contribution is 0.289. The van der Waals surface area contributed by atoms with Gasteiger partial charge in [-0.3, -0.25) is 5.01 Å². The third-order valence-electron chi connectivity index (χ3n) is 2.69. The molecule has 1 unspecified atom stereocenters. The summed E-state index contributed by atoms with van der Waals surface area (Å²) >= 11 is 0. The van der Waals surface area contributed by atoms with Crippen LogP contribution in [0.1, 0.15) is 23.6 Å². The molecule has 14 heavy (non-hydrogen) atoms. The van der Waals surface area contributed by atoms with Gasteiger partial charge in [0.1, 0.15) is 5.84 Å². The molecule has 3 nitrogen and oxygen atoms in total. The number of nitrogens with two attached hydrogens (primary N) is 1. The van der Waals surface area contributed by atoms with Crippen molar-refractivity contribution in [2.24, 2.45) is 10.8 Å². The lowest BCUT2D eigenvalue weighted by Crippen LogP contribution is -2.15. The van der Waals surface area contributed by atoms with Gasteiger partial charge < -0.3 is 5.73 Å². The average molecular weight is 189 g/mol. The third kappa shape index (κ3) is 1.45. The minimum atomic E-state index is 0.316. The summed E-state index contributed by atoms with van der Waals surface area (Å²) in [6.45, 7) is 2.12. The first-order valence-electron chi connectivity index (χ1n) is 4.80. The largest absolute Gasteiger partial charge is 0.386 e. The lowest BCUT2D eigenvalue weighted by atomic mass is 9.99. The second-order valence-electron chi connectivity index (χ2n) is 3.74. The van der Waals surface area contributed by atoms with Crippen molar-refractivity contribution in [2.75, 3.05) is 7.05 Å². The Kier molecular flexibility index (Phi) is 2.15. The molecule has 74 valence electrons. The fourth-order valence-electron chi connectivity index (χ4n) is 1.92. The maximum atomic E-state index is 5.71. The predicted molar refractivity (Wildman–Crippen MR) is 57.9 cm³/mol. The summed E-state index contributed by atoms with van der Waals surface area (Å²) in [6, 6.07) is 8.70. The van der Waals surface area contributed by atoms with Crippen LogP contribution in [0.25, 0.3) is 0 Å². The fraction of sp³-hybridized carbons (Fsp3) is 0.364. The molecule has 1 aliphatic heterocycles. The summed E-state index contributed by atoms with van der Waals surface area (Å²) in [7, 11) is 1.97. The van der Waals surface area contributed by atoms with Crippen molar-refractivity contribution in [1.82, 2.24) is 5.01 Å². The normalized spacial score (nSPS) is 21.1. The van der Waals surface area contributed by atoms with Crippen molar-refractivity contribution < 1.29 is 0 Å². The summed E-state index contributed by atoms with van der Waals surface area (Å²) in [6.07, 6.45) is 0.835. The third-order valence-corrected chi connectivity index (χ3v) is 2.69. The molecule has 0 fully saturated rings. The predicted octanol–water partition coefficient (Wildman–Crippen LogP) is 1.64. The van der Waals surface area contributed by atoms with Crippen LogP contribution in [-0.4, -0.2) is 17.9 Å². The SMILES string of the molecule is Cc1ccccc1C1CC(N)=NN1C. The molecule has 1 heterocycles. The number of hydrazone groups is 1. The number of hydrogen-bond acceptors (Lipinski definition) is 3. The van der Waals surface area contributed by atoms with E-state index in [-0.39, 0.29) is 0 Å². The van der Waals surface area contributed by atoms with E-state index in [2.05, 4.69) is 36.3 Å². The van der Waals surface area contributed by atoms with Crippen molar-refractivity contribution in [1.29, 1.82) is 0 Å². The molecular weight excluding hydrogens is 174 g/mol. The number of hydrogen-bond donors (Lipinski definition) is 1. The number of rotatable bonds is 1. The van der Waals surface area contributed by atoms with Crippen LogP contribution in [0.3, 0.4) is 0 Å². The van der Waals surface area contributed by atoms with Gasteiger partial charge in [0.2, 0.25) is 0 Å². The lowest BCUT2D eigenvalue weighted by Gasteiger charge is -2.20. The number of aryl methyl sites for hydroxylation is 1. The molecule has 0 saturated carbocycles. The van der Waals surface area contributed by atoms with Crippen LogP contribution < -0.4 is 5.73 Å². The smallest absolute Gasteiger partial charge is 0.122 e. The van der Waals surface area contributed by atoms with Gasteiger partial charge in [0.25, 0.3) is 0 Å². The van der Waals surface area contributed by atoms with Gasteiger partial charge in [-0.1, -0.05) is 24.3 Å². The molecule has 0 radical (unpaired) electrons. The molecule has 0 amide bonds. The number of benzene rings is 1. The highest BCUT2D eigenvalue weighted by Crippen LogP contribution is 2.29. The molecule has 0 spiro atoms. The van der Waals surface area contributed by atoms with Crippen molar-refractivity contribution in [3.63, 3.8) is 0 Å². The van der Waals surface area contributed by atoms with Crippen LogP contribution in [0.5, 0.6) is 0 Å². The summed E-state index contributed by atoms with van der Waals surface area (Å²) in [4.78, 5) is 0. The first kappa shape index (κ1) is 9.06. The highest BCUT2D eigenvalue weighted by molar-refractivity contribution is 5.82. The van der Waals surface area contributed by atoms with E-state index in [0.717, 1.165) is 12.3 Å². The Morgan fingerprint density at radius 3 is 2.71 bits per heavy atom. The van der Waals surface area contributed by atoms with Gasteiger partial charge in [-0.2, -0.15) is 5.10 Å². The van der Waals surface area contributed by atoms with Gasteiger partial charge in [0.05, 0.1) is 6.04 Å². The zero-order valence-corrected chi connectivity index (χ0v) is 8.57. The summed E-state index contributed by atoms with van der Waals surface area (Å²) < 4.78 is 0. The van der Waals surface area contributed by atoms with Crippen LogP contribution in [-0.2, 0) is 0 Å². The monoisotopic (exact) mass is 189 g/mol. The quantitative estimate of drug-likeness (QED) is 0.729. The zero-order chi connectivity index (χ0) is 10.1. The standard InChI is InChI=1S/C11H15N3/c1-8-5-3-4-6-9(8)10-7-11(12)13-14(10)2/h3-6,10H,7H2,1-2H3,(H2,12,13). The second kappa shape index (κ2) is 3.33. The minimum Gasteiger partial charge on any atom is -0.386 e. The highest BCUT2D eigenvalue weighted by Gasteiger charge is 2.24. The van der Waals surface area contributed by atoms with E-state index in [1.165, 1.54) is 11.1 Å². The van der Waals surface area contributed by atoms with Crippen molar-refractivity contribution in [3.8, 4) is 0 Å². The number of nitrogens with zero attached hydrogens (tertiary/aromatic N) is 2. The van der Waals surface area contributed by atoms with Gasteiger partial charge in [-0.05, 0) is 18.1 Å². The first-order chi connectivity index (χ1) is 6.68. The second-order valence-corrected chi connectivity index (χ2v) is 3.74. The van der Waals surface area contributed by atoms with E-state index in [1.807, 2.05) is 12.1 Å².